The lowest BCUT2D eigenvalue weighted by molar-refractivity contribution is 0.0996. The number of carbonyl (C=O) groups is 1. The van der Waals surface area contributed by atoms with Crippen LogP contribution in [0.15, 0.2) is 66.7 Å². The van der Waals surface area contributed by atoms with E-state index in [1.54, 1.807) is 6.07 Å². The molecule has 7 nitrogen and oxygen atoms in total. The van der Waals surface area contributed by atoms with E-state index in [9.17, 15) is 4.79 Å². The van der Waals surface area contributed by atoms with Crippen molar-refractivity contribution >= 4 is 5.91 Å². The number of rotatable bonds is 7. The number of aromatic nitrogens is 4. The number of hydrogen-bond acceptors (Lipinski definition) is 5. The monoisotopic (exact) mass is 399 g/mol. The first-order valence-corrected chi connectivity index (χ1v) is 9.57. The van der Waals surface area contributed by atoms with Gasteiger partial charge in [0.25, 0.3) is 5.91 Å². The van der Waals surface area contributed by atoms with Gasteiger partial charge >= 0.3 is 0 Å². The number of primary amides is 1. The van der Waals surface area contributed by atoms with Gasteiger partial charge in [-0.05, 0) is 41.0 Å². The molecule has 0 saturated carbocycles. The van der Waals surface area contributed by atoms with E-state index >= 15 is 0 Å². The Bertz CT molecular complexity index is 1140. The van der Waals surface area contributed by atoms with Crippen molar-refractivity contribution in [2.24, 2.45) is 5.73 Å². The van der Waals surface area contributed by atoms with E-state index in [4.69, 9.17) is 10.5 Å². The van der Waals surface area contributed by atoms with Crippen molar-refractivity contribution in [2.75, 3.05) is 6.61 Å². The topological polar surface area (TPSA) is 107 Å². The third-order valence-corrected chi connectivity index (χ3v) is 4.83. The second kappa shape index (κ2) is 8.57. The Morgan fingerprint density at radius 3 is 2.47 bits per heavy atom. The summed E-state index contributed by atoms with van der Waals surface area (Å²) < 4.78 is 6.00. The average molecular weight is 399 g/mol. The molecule has 0 spiro atoms. The van der Waals surface area contributed by atoms with E-state index in [2.05, 4.69) is 20.6 Å². The van der Waals surface area contributed by atoms with E-state index in [1.807, 2.05) is 67.6 Å². The molecule has 7 heteroatoms. The number of amides is 1. The fraction of sp³-hybridized carbons (Fsp3) is 0.130. The zero-order valence-electron chi connectivity index (χ0n) is 16.5. The maximum Gasteiger partial charge on any atom is 0.252 e. The van der Waals surface area contributed by atoms with Gasteiger partial charge in [0, 0.05) is 12.0 Å². The lowest BCUT2D eigenvalue weighted by Gasteiger charge is -2.15. The molecular weight excluding hydrogens is 378 g/mol. The smallest absolute Gasteiger partial charge is 0.252 e. The van der Waals surface area contributed by atoms with Crippen LogP contribution in [0.25, 0.3) is 22.5 Å². The fourth-order valence-electron chi connectivity index (χ4n) is 3.25. The van der Waals surface area contributed by atoms with Gasteiger partial charge in [0.1, 0.15) is 5.75 Å². The maximum absolute atomic E-state index is 12.1. The SMILES string of the molecule is Cc1ccc(-c2cc(OCCc3ccccc3)c(C(N)=O)cc2-c2nn[nH]n2)cc1. The van der Waals surface area contributed by atoms with Crippen molar-refractivity contribution in [3.8, 4) is 28.3 Å². The summed E-state index contributed by atoms with van der Waals surface area (Å²) >= 11 is 0. The van der Waals surface area contributed by atoms with Gasteiger partial charge in [-0.25, -0.2) is 0 Å². The van der Waals surface area contributed by atoms with Gasteiger partial charge in [-0.3, -0.25) is 4.79 Å². The van der Waals surface area contributed by atoms with Gasteiger partial charge in [0.05, 0.1) is 12.2 Å². The van der Waals surface area contributed by atoms with Gasteiger partial charge in [-0.1, -0.05) is 60.2 Å². The van der Waals surface area contributed by atoms with Gasteiger partial charge in [0.2, 0.25) is 5.82 Å². The van der Waals surface area contributed by atoms with Crippen molar-refractivity contribution in [3.63, 3.8) is 0 Å². The summed E-state index contributed by atoms with van der Waals surface area (Å²) in [4.78, 5) is 12.1. The van der Waals surface area contributed by atoms with Crippen LogP contribution in [0.1, 0.15) is 21.5 Å². The largest absolute Gasteiger partial charge is 0.492 e. The molecule has 150 valence electrons. The summed E-state index contributed by atoms with van der Waals surface area (Å²) in [7, 11) is 0. The van der Waals surface area contributed by atoms with Crippen LogP contribution in [0, 0.1) is 6.92 Å². The van der Waals surface area contributed by atoms with Crippen molar-refractivity contribution in [1.82, 2.24) is 20.6 Å². The first-order valence-electron chi connectivity index (χ1n) is 9.57. The molecule has 4 aromatic rings. The molecule has 0 unspecified atom stereocenters. The molecule has 0 fully saturated rings. The molecule has 30 heavy (non-hydrogen) atoms. The molecule has 0 atom stereocenters. The molecule has 1 aromatic heterocycles. The molecule has 0 aliphatic carbocycles. The summed E-state index contributed by atoms with van der Waals surface area (Å²) in [5.74, 6) is 0.232. The highest BCUT2D eigenvalue weighted by Crippen LogP contribution is 2.36. The Hall–Kier alpha value is -4.00. The third kappa shape index (κ3) is 4.20. The third-order valence-electron chi connectivity index (χ3n) is 4.83. The van der Waals surface area contributed by atoms with Crippen LogP contribution in [0.5, 0.6) is 5.75 Å². The number of benzene rings is 3. The standard InChI is InChI=1S/C23H21N5O2/c1-15-7-9-17(10-8-15)18-14-21(30-12-11-16-5-3-2-4-6-16)20(22(24)29)13-19(18)23-25-27-28-26-23/h2-10,13-14H,11-12H2,1H3,(H2,24,29)(H,25,26,27,28). The highest BCUT2D eigenvalue weighted by atomic mass is 16.5. The summed E-state index contributed by atoms with van der Waals surface area (Å²) in [6.45, 7) is 2.44. The van der Waals surface area contributed by atoms with Gasteiger partial charge in [-0.2, -0.15) is 5.21 Å². The second-order valence-corrected chi connectivity index (χ2v) is 6.94. The summed E-state index contributed by atoms with van der Waals surface area (Å²) in [6.07, 6.45) is 0.714. The first-order chi connectivity index (χ1) is 14.6. The lowest BCUT2D eigenvalue weighted by atomic mass is 9.95. The molecule has 4 rings (SSSR count). The van der Waals surface area contributed by atoms with Crippen LogP contribution in [-0.2, 0) is 6.42 Å². The summed E-state index contributed by atoms with van der Waals surface area (Å²) in [5.41, 5.74) is 10.6. The average Bonchev–Trinajstić information content (AvgIpc) is 3.29. The molecule has 1 amide bonds. The number of tetrazole rings is 1. The normalized spacial score (nSPS) is 10.7. The van der Waals surface area contributed by atoms with E-state index in [1.165, 1.54) is 0 Å². The highest BCUT2D eigenvalue weighted by molar-refractivity contribution is 5.99. The fourth-order valence-corrected chi connectivity index (χ4v) is 3.25. The zero-order valence-corrected chi connectivity index (χ0v) is 16.5. The molecular formula is C23H21N5O2. The number of nitrogens with zero attached hydrogens (tertiary/aromatic N) is 3. The molecule has 3 aromatic carbocycles. The van der Waals surface area contributed by atoms with Crippen molar-refractivity contribution in [1.29, 1.82) is 0 Å². The number of nitrogens with one attached hydrogen (secondary N) is 1. The van der Waals surface area contributed by atoms with Crippen molar-refractivity contribution in [3.05, 3.63) is 83.4 Å². The van der Waals surface area contributed by atoms with Crippen LogP contribution in [0.3, 0.4) is 0 Å². The molecule has 0 bridgehead atoms. The molecule has 3 N–H and O–H groups in total. The Morgan fingerprint density at radius 1 is 1.03 bits per heavy atom. The van der Waals surface area contributed by atoms with Crippen LogP contribution < -0.4 is 10.5 Å². The van der Waals surface area contributed by atoms with E-state index in [-0.39, 0.29) is 5.56 Å². The minimum atomic E-state index is -0.579. The van der Waals surface area contributed by atoms with Crippen LogP contribution >= 0.6 is 0 Å². The number of hydrogen-bond donors (Lipinski definition) is 2. The Labute approximate surface area is 173 Å². The number of ether oxygens (including phenoxy) is 1. The van der Waals surface area contributed by atoms with E-state index < -0.39 is 5.91 Å². The first kappa shape index (κ1) is 19.3. The second-order valence-electron chi connectivity index (χ2n) is 6.94. The predicted octanol–water partition coefficient (Wildman–Crippen LogP) is 3.56. The highest BCUT2D eigenvalue weighted by Gasteiger charge is 2.19. The summed E-state index contributed by atoms with van der Waals surface area (Å²) in [6, 6.07) is 21.6. The molecule has 0 saturated heterocycles. The predicted molar refractivity (Wildman–Crippen MR) is 114 cm³/mol. The number of nitrogens with two attached hydrogens (primary N) is 1. The number of carbonyl (C=O) groups excluding carboxylic acids is 1. The van der Waals surface area contributed by atoms with Gasteiger partial charge in [-0.15, -0.1) is 10.2 Å². The molecule has 0 aliphatic heterocycles. The lowest BCUT2D eigenvalue weighted by Crippen LogP contribution is -2.14. The van der Waals surface area contributed by atoms with E-state index in [0.717, 1.165) is 22.3 Å². The number of aryl methyl sites for hydroxylation is 1. The van der Waals surface area contributed by atoms with Gasteiger partial charge < -0.3 is 10.5 Å². The Balaban J connectivity index is 1.74. The molecule has 0 aliphatic rings. The molecule has 1 heterocycles. The van der Waals surface area contributed by atoms with Crippen LogP contribution in [0.4, 0.5) is 0 Å². The van der Waals surface area contributed by atoms with Crippen LogP contribution in [-0.4, -0.2) is 33.1 Å². The minimum absolute atomic E-state index is 0.277. The van der Waals surface area contributed by atoms with Gasteiger partial charge in [0.15, 0.2) is 0 Å². The quantitative estimate of drug-likeness (QED) is 0.494. The number of aromatic amines is 1. The zero-order chi connectivity index (χ0) is 20.9. The Kier molecular flexibility index (Phi) is 5.52. The van der Waals surface area contributed by atoms with Crippen molar-refractivity contribution < 1.29 is 9.53 Å². The molecule has 0 radical (unpaired) electrons. The van der Waals surface area contributed by atoms with E-state index in [0.29, 0.717) is 30.2 Å². The maximum atomic E-state index is 12.1. The number of H-pyrrole nitrogens is 1. The van der Waals surface area contributed by atoms with Crippen LogP contribution in [0.2, 0.25) is 0 Å². The van der Waals surface area contributed by atoms with Crippen molar-refractivity contribution in [2.45, 2.75) is 13.3 Å². The minimum Gasteiger partial charge on any atom is -0.492 e. The summed E-state index contributed by atoms with van der Waals surface area (Å²) in [5, 5.41) is 14.3. The Morgan fingerprint density at radius 2 is 1.80 bits per heavy atom.